The van der Waals surface area contributed by atoms with Crippen molar-refractivity contribution in [1.29, 1.82) is 0 Å². The summed E-state index contributed by atoms with van der Waals surface area (Å²) in [5.41, 5.74) is 1.32. The maximum Gasteiger partial charge on any atom is 0.321 e. The van der Waals surface area contributed by atoms with Crippen molar-refractivity contribution in [1.82, 2.24) is 15.5 Å². The molecule has 2 N–H and O–H groups in total. The van der Waals surface area contributed by atoms with Gasteiger partial charge in [0.2, 0.25) is 5.91 Å². The lowest BCUT2D eigenvalue weighted by Crippen LogP contribution is -2.49. The number of carbonyl (C=O) groups is 2. The van der Waals surface area contributed by atoms with Crippen LogP contribution in [-0.4, -0.2) is 42.5 Å². The zero-order valence-electron chi connectivity index (χ0n) is 12.6. The van der Waals surface area contributed by atoms with E-state index in [1.54, 1.807) is 0 Å². The van der Waals surface area contributed by atoms with E-state index < -0.39 is 6.03 Å². The van der Waals surface area contributed by atoms with Gasteiger partial charge in [0.05, 0.1) is 6.04 Å². The van der Waals surface area contributed by atoms with Gasteiger partial charge in [-0.3, -0.25) is 15.0 Å². The van der Waals surface area contributed by atoms with Crippen molar-refractivity contribution in [2.75, 3.05) is 19.6 Å². The van der Waals surface area contributed by atoms with Gasteiger partial charge in [0.25, 0.3) is 0 Å². The number of nitrogens with one attached hydrogen (secondary N) is 2. The van der Waals surface area contributed by atoms with Crippen LogP contribution in [0.25, 0.3) is 0 Å². The summed E-state index contributed by atoms with van der Waals surface area (Å²) in [6, 6.07) is 9.65. The van der Waals surface area contributed by atoms with E-state index >= 15 is 0 Å². The highest BCUT2D eigenvalue weighted by molar-refractivity contribution is 5.96. The Morgan fingerprint density at radius 3 is 2.71 bits per heavy atom. The SMILES string of the molecule is CCNC(=O)NC(=O)C(C)N1CCC(c2ccccc2)C1. The van der Waals surface area contributed by atoms with Crippen molar-refractivity contribution >= 4 is 11.9 Å². The lowest BCUT2D eigenvalue weighted by atomic mass is 9.99. The van der Waals surface area contributed by atoms with E-state index in [0.29, 0.717) is 12.5 Å². The molecule has 0 spiro atoms. The van der Waals surface area contributed by atoms with Crippen LogP contribution in [0.15, 0.2) is 30.3 Å². The van der Waals surface area contributed by atoms with Crippen molar-refractivity contribution in [2.24, 2.45) is 0 Å². The summed E-state index contributed by atoms with van der Waals surface area (Å²) in [6.07, 6.45) is 1.04. The number of benzene rings is 1. The maximum absolute atomic E-state index is 12.0. The fourth-order valence-electron chi connectivity index (χ4n) is 2.72. The molecule has 0 aliphatic carbocycles. The second kappa shape index (κ2) is 7.22. The first-order chi connectivity index (χ1) is 10.1. The zero-order valence-corrected chi connectivity index (χ0v) is 12.6. The molecule has 1 aromatic rings. The zero-order chi connectivity index (χ0) is 15.2. The summed E-state index contributed by atoms with van der Waals surface area (Å²) in [5, 5.41) is 4.95. The van der Waals surface area contributed by atoms with E-state index in [0.717, 1.165) is 19.5 Å². The molecule has 21 heavy (non-hydrogen) atoms. The third-order valence-corrected chi connectivity index (χ3v) is 3.99. The molecular formula is C16H23N3O2. The van der Waals surface area contributed by atoms with Gasteiger partial charge >= 0.3 is 6.03 Å². The Bertz CT molecular complexity index is 490. The molecule has 1 fully saturated rings. The summed E-state index contributed by atoms with van der Waals surface area (Å²) in [7, 11) is 0. The Balaban J connectivity index is 1.88. The van der Waals surface area contributed by atoms with Crippen LogP contribution in [0.2, 0.25) is 0 Å². The summed E-state index contributed by atoms with van der Waals surface area (Å²) < 4.78 is 0. The molecule has 5 heteroatoms. The second-order valence-electron chi connectivity index (χ2n) is 5.42. The predicted molar refractivity (Wildman–Crippen MR) is 82.1 cm³/mol. The molecule has 0 aromatic heterocycles. The van der Waals surface area contributed by atoms with Crippen molar-refractivity contribution in [3.8, 4) is 0 Å². The van der Waals surface area contributed by atoms with E-state index in [9.17, 15) is 9.59 Å². The molecule has 2 unspecified atom stereocenters. The molecule has 3 amide bonds. The molecule has 1 aliphatic rings. The van der Waals surface area contributed by atoms with Crippen LogP contribution in [0.3, 0.4) is 0 Å². The van der Waals surface area contributed by atoms with Crippen molar-refractivity contribution in [3.63, 3.8) is 0 Å². The molecule has 1 saturated heterocycles. The number of hydrogen-bond acceptors (Lipinski definition) is 3. The Kier molecular flexibility index (Phi) is 5.33. The van der Waals surface area contributed by atoms with E-state index in [1.807, 2.05) is 32.0 Å². The Morgan fingerprint density at radius 1 is 1.33 bits per heavy atom. The molecule has 1 aromatic carbocycles. The van der Waals surface area contributed by atoms with Crippen LogP contribution in [0.1, 0.15) is 31.7 Å². The first-order valence-electron chi connectivity index (χ1n) is 7.49. The number of imide groups is 1. The minimum Gasteiger partial charge on any atom is -0.338 e. The molecule has 114 valence electrons. The smallest absolute Gasteiger partial charge is 0.321 e. The fourth-order valence-corrected chi connectivity index (χ4v) is 2.72. The fraction of sp³-hybridized carbons (Fsp3) is 0.500. The van der Waals surface area contributed by atoms with Gasteiger partial charge in [-0.15, -0.1) is 0 Å². The summed E-state index contributed by atoms with van der Waals surface area (Å²) in [4.78, 5) is 25.6. The van der Waals surface area contributed by atoms with Crippen LogP contribution in [0.5, 0.6) is 0 Å². The normalized spacial score (nSPS) is 20.0. The largest absolute Gasteiger partial charge is 0.338 e. The van der Waals surface area contributed by atoms with Gasteiger partial charge in [-0.2, -0.15) is 0 Å². The number of hydrogen-bond donors (Lipinski definition) is 2. The van der Waals surface area contributed by atoms with Gasteiger partial charge in [0.15, 0.2) is 0 Å². The molecule has 2 atom stereocenters. The lowest BCUT2D eigenvalue weighted by molar-refractivity contribution is -0.124. The lowest BCUT2D eigenvalue weighted by Gasteiger charge is -2.23. The molecule has 2 rings (SSSR count). The summed E-state index contributed by atoms with van der Waals surface area (Å²) in [6.45, 7) is 5.91. The van der Waals surface area contributed by atoms with Gasteiger partial charge < -0.3 is 5.32 Å². The van der Waals surface area contributed by atoms with E-state index in [4.69, 9.17) is 0 Å². The number of likely N-dealkylation sites (tertiary alicyclic amines) is 1. The van der Waals surface area contributed by atoms with Gasteiger partial charge in [-0.1, -0.05) is 30.3 Å². The number of nitrogens with zero attached hydrogens (tertiary/aromatic N) is 1. The quantitative estimate of drug-likeness (QED) is 0.887. The Hall–Kier alpha value is -1.88. The molecule has 0 radical (unpaired) electrons. The van der Waals surface area contributed by atoms with Gasteiger partial charge in [0, 0.05) is 13.1 Å². The third kappa shape index (κ3) is 4.04. The van der Waals surface area contributed by atoms with Crippen LogP contribution in [0.4, 0.5) is 4.79 Å². The highest BCUT2D eigenvalue weighted by atomic mass is 16.2. The van der Waals surface area contributed by atoms with Crippen LogP contribution < -0.4 is 10.6 Å². The molecule has 1 heterocycles. The van der Waals surface area contributed by atoms with Gasteiger partial charge in [0.1, 0.15) is 0 Å². The minimum atomic E-state index is -0.423. The highest BCUT2D eigenvalue weighted by Crippen LogP contribution is 2.28. The van der Waals surface area contributed by atoms with E-state index in [-0.39, 0.29) is 11.9 Å². The monoisotopic (exact) mass is 289 g/mol. The maximum atomic E-state index is 12.0. The minimum absolute atomic E-state index is 0.241. The Morgan fingerprint density at radius 2 is 2.05 bits per heavy atom. The van der Waals surface area contributed by atoms with Gasteiger partial charge in [-0.25, -0.2) is 4.79 Å². The first-order valence-corrected chi connectivity index (χ1v) is 7.49. The standard InChI is InChI=1S/C16H23N3O2/c1-3-17-16(21)18-15(20)12(2)19-10-9-14(11-19)13-7-5-4-6-8-13/h4-8,12,14H,3,9-11H2,1-2H3,(H2,17,18,20,21). The van der Waals surface area contributed by atoms with Gasteiger partial charge in [-0.05, 0) is 38.3 Å². The van der Waals surface area contributed by atoms with Crippen LogP contribution >= 0.6 is 0 Å². The molecule has 0 saturated carbocycles. The Labute approximate surface area is 125 Å². The van der Waals surface area contributed by atoms with Crippen LogP contribution in [0, 0.1) is 0 Å². The average Bonchev–Trinajstić information content (AvgIpc) is 2.97. The van der Waals surface area contributed by atoms with E-state index in [2.05, 4.69) is 27.7 Å². The summed E-state index contributed by atoms with van der Waals surface area (Å²) >= 11 is 0. The molecular weight excluding hydrogens is 266 g/mol. The van der Waals surface area contributed by atoms with E-state index in [1.165, 1.54) is 5.56 Å². The van der Waals surface area contributed by atoms with Crippen LogP contribution in [-0.2, 0) is 4.79 Å². The highest BCUT2D eigenvalue weighted by Gasteiger charge is 2.30. The van der Waals surface area contributed by atoms with Crippen molar-refractivity contribution < 1.29 is 9.59 Å². The topological polar surface area (TPSA) is 61.4 Å². The first kappa shape index (κ1) is 15.5. The predicted octanol–water partition coefficient (Wildman–Crippen LogP) is 1.71. The third-order valence-electron chi connectivity index (χ3n) is 3.99. The number of rotatable bonds is 4. The molecule has 5 nitrogen and oxygen atoms in total. The van der Waals surface area contributed by atoms with Crippen molar-refractivity contribution in [2.45, 2.75) is 32.2 Å². The molecule has 1 aliphatic heterocycles. The number of urea groups is 1. The second-order valence-corrected chi connectivity index (χ2v) is 5.42. The average molecular weight is 289 g/mol. The van der Waals surface area contributed by atoms with Crippen molar-refractivity contribution in [3.05, 3.63) is 35.9 Å². The number of amides is 3. The summed E-state index contributed by atoms with van der Waals surface area (Å²) in [5.74, 6) is 0.223. The number of carbonyl (C=O) groups excluding carboxylic acids is 2. The molecule has 0 bridgehead atoms.